The highest BCUT2D eigenvalue weighted by Gasteiger charge is 2.05. The minimum absolute atomic E-state index is 0.588. The van der Waals surface area contributed by atoms with Crippen molar-refractivity contribution in [2.24, 2.45) is 0 Å². The van der Waals surface area contributed by atoms with Crippen LogP contribution in [0.3, 0.4) is 0 Å². The van der Waals surface area contributed by atoms with Crippen LogP contribution in [0.2, 0.25) is 0 Å². The highest BCUT2D eigenvalue weighted by molar-refractivity contribution is 5.45. The maximum Gasteiger partial charge on any atom is 0.0404 e. The Bertz CT molecular complexity index is 297. The molecule has 0 aromatic carbocycles. The third-order valence-electron chi connectivity index (χ3n) is 2.43. The molecule has 0 bridgehead atoms. The summed E-state index contributed by atoms with van der Waals surface area (Å²) < 4.78 is 2.25. The van der Waals surface area contributed by atoms with Gasteiger partial charge in [-0.3, -0.25) is 0 Å². The Morgan fingerprint density at radius 3 is 2.79 bits per heavy atom. The van der Waals surface area contributed by atoms with Gasteiger partial charge in [-0.1, -0.05) is 20.4 Å². The summed E-state index contributed by atoms with van der Waals surface area (Å²) in [5, 5.41) is 3.15. The van der Waals surface area contributed by atoms with Crippen molar-refractivity contribution in [2.45, 2.75) is 26.3 Å². The third kappa shape index (κ3) is 2.48. The van der Waals surface area contributed by atoms with Crippen LogP contribution in [0.5, 0.6) is 0 Å². The van der Waals surface area contributed by atoms with E-state index in [0.29, 0.717) is 5.92 Å². The zero-order chi connectivity index (χ0) is 10.6. The van der Waals surface area contributed by atoms with Crippen molar-refractivity contribution in [3.8, 4) is 0 Å². The highest BCUT2D eigenvalue weighted by Crippen LogP contribution is 2.18. The molecule has 0 spiro atoms. The molecule has 0 fully saturated rings. The maximum atomic E-state index is 3.83. The monoisotopic (exact) mass is 192 g/mol. The summed E-state index contributed by atoms with van der Waals surface area (Å²) in [6.07, 6.45) is 4.14. The van der Waals surface area contributed by atoms with Gasteiger partial charge in [0.1, 0.15) is 0 Å². The van der Waals surface area contributed by atoms with Gasteiger partial charge in [0.25, 0.3) is 0 Å². The van der Waals surface area contributed by atoms with Crippen LogP contribution in [0.25, 0.3) is 6.08 Å². The molecule has 0 amide bonds. The van der Waals surface area contributed by atoms with E-state index in [1.54, 1.807) is 0 Å². The fraction of sp³-hybridized carbons (Fsp3) is 0.500. The number of rotatable bonds is 5. The Morgan fingerprint density at radius 2 is 2.29 bits per heavy atom. The number of nitrogens with zero attached hydrogens (tertiary/aromatic N) is 1. The highest BCUT2D eigenvalue weighted by atomic mass is 15.0. The molecule has 0 radical (unpaired) electrons. The van der Waals surface area contributed by atoms with E-state index in [1.807, 2.05) is 13.1 Å². The number of aromatic nitrogens is 1. The van der Waals surface area contributed by atoms with E-state index >= 15 is 0 Å². The second-order valence-corrected chi connectivity index (χ2v) is 3.85. The second kappa shape index (κ2) is 5.01. The molecule has 1 rings (SSSR count). The summed E-state index contributed by atoms with van der Waals surface area (Å²) >= 11 is 0. The molecule has 1 heterocycles. The Labute approximate surface area is 86.6 Å². The Balaban J connectivity index is 2.84. The number of hydrogen-bond donors (Lipinski definition) is 1. The lowest BCUT2D eigenvalue weighted by atomic mass is 10.1. The first-order valence-electron chi connectivity index (χ1n) is 5.16. The van der Waals surface area contributed by atoms with Crippen molar-refractivity contribution in [1.82, 2.24) is 9.88 Å². The predicted molar refractivity (Wildman–Crippen MR) is 62.5 cm³/mol. The minimum Gasteiger partial charge on any atom is -0.346 e. The third-order valence-corrected chi connectivity index (χ3v) is 2.43. The van der Waals surface area contributed by atoms with E-state index in [4.69, 9.17) is 0 Å². The molecule has 0 atom stereocenters. The van der Waals surface area contributed by atoms with Crippen LogP contribution in [0.1, 0.15) is 31.0 Å². The minimum atomic E-state index is 0.588. The van der Waals surface area contributed by atoms with Crippen molar-refractivity contribution < 1.29 is 0 Å². The molecule has 0 aliphatic heterocycles. The summed E-state index contributed by atoms with van der Waals surface area (Å²) in [4.78, 5) is 0. The standard InChI is InChI=1S/C12H20N2/c1-5-12-8-11(10(2)3)9-14(12)7-6-13-4/h5,8-10,13H,1,6-7H2,2-4H3. The smallest absolute Gasteiger partial charge is 0.0404 e. The number of likely N-dealkylation sites (N-methyl/N-ethyl adjacent to an activating group) is 1. The zero-order valence-electron chi connectivity index (χ0n) is 9.38. The van der Waals surface area contributed by atoms with Gasteiger partial charge < -0.3 is 9.88 Å². The fourth-order valence-electron chi connectivity index (χ4n) is 1.46. The van der Waals surface area contributed by atoms with Gasteiger partial charge in [-0.25, -0.2) is 0 Å². The normalized spacial score (nSPS) is 10.9. The van der Waals surface area contributed by atoms with Crippen LogP contribution >= 0.6 is 0 Å². The number of hydrogen-bond acceptors (Lipinski definition) is 1. The van der Waals surface area contributed by atoms with E-state index in [1.165, 1.54) is 11.3 Å². The van der Waals surface area contributed by atoms with Crippen LogP contribution in [0.4, 0.5) is 0 Å². The molecule has 0 saturated heterocycles. The van der Waals surface area contributed by atoms with E-state index in [-0.39, 0.29) is 0 Å². The maximum absolute atomic E-state index is 3.83. The first-order chi connectivity index (χ1) is 6.69. The van der Waals surface area contributed by atoms with E-state index < -0.39 is 0 Å². The van der Waals surface area contributed by atoms with Gasteiger partial charge in [0.05, 0.1) is 0 Å². The van der Waals surface area contributed by atoms with E-state index in [9.17, 15) is 0 Å². The molecule has 0 unspecified atom stereocenters. The summed E-state index contributed by atoms with van der Waals surface area (Å²) in [5.74, 6) is 0.588. The average Bonchev–Trinajstić information content (AvgIpc) is 2.57. The van der Waals surface area contributed by atoms with E-state index in [2.05, 4.69) is 42.6 Å². The van der Waals surface area contributed by atoms with Crippen LogP contribution in [0, 0.1) is 0 Å². The van der Waals surface area contributed by atoms with Gasteiger partial charge in [0, 0.05) is 25.0 Å². The SMILES string of the molecule is C=Cc1cc(C(C)C)cn1CCNC. The molecule has 14 heavy (non-hydrogen) atoms. The fourth-order valence-corrected chi connectivity index (χ4v) is 1.46. The Hall–Kier alpha value is -1.02. The van der Waals surface area contributed by atoms with Crippen LogP contribution in [-0.2, 0) is 6.54 Å². The lowest BCUT2D eigenvalue weighted by Gasteiger charge is -2.05. The molecule has 1 aromatic rings. The summed E-state index contributed by atoms with van der Waals surface area (Å²) in [7, 11) is 1.97. The molecular formula is C12H20N2. The van der Waals surface area contributed by atoms with Gasteiger partial charge in [-0.05, 0) is 30.7 Å². The molecule has 1 aromatic heterocycles. The molecule has 0 aliphatic carbocycles. The molecular weight excluding hydrogens is 172 g/mol. The van der Waals surface area contributed by atoms with Crippen LogP contribution < -0.4 is 5.32 Å². The van der Waals surface area contributed by atoms with Crippen LogP contribution in [0.15, 0.2) is 18.8 Å². The molecule has 2 heteroatoms. The molecule has 0 saturated carbocycles. The molecule has 1 N–H and O–H groups in total. The molecule has 2 nitrogen and oxygen atoms in total. The second-order valence-electron chi connectivity index (χ2n) is 3.85. The van der Waals surface area contributed by atoms with Crippen LogP contribution in [-0.4, -0.2) is 18.2 Å². The summed E-state index contributed by atoms with van der Waals surface area (Å²) in [5.41, 5.74) is 2.60. The number of nitrogens with one attached hydrogen (secondary N) is 1. The Kier molecular flexibility index (Phi) is 3.96. The van der Waals surface area contributed by atoms with Gasteiger partial charge in [0.2, 0.25) is 0 Å². The van der Waals surface area contributed by atoms with Gasteiger partial charge >= 0.3 is 0 Å². The quantitative estimate of drug-likeness (QED) is 0.758. The van der Waals surface area contributed by atoms with Gasteiger partial charge in [-0.15, -0.1) is 0 Å². The van der Waals surface area contributed by atoms with Crippen molar-refractivity contribution in [1.29, 1.82) is 0 Å². The summed E-state index contributed by atoms with van der Waals surface area (Å²) in [6, 6.07) is 2.22. The molecule has 0 aliphatic rings. The largest absolute Gasteiger partial charge is 0.346 e. The Morgan fingerprint density at radius 1 is 1.57 bits per heavy atom. The van der Waals surface area contributed by atoms with Gasteiger partial charge in [-0.2, -0.15) is 0 Å². The average molecular weight is 192 g/mol. The lowest BCUT2D eigenvalue weighted by Crippen LogP contribution is -2.14. The first-order valence-corrected chi connectivity index (χ1v) is 5.16. The van der Waals surface area contributed by atoms with Gasteiger partial charge in [0.15, 0.2) is 0 Å². The summed E-state index contributed by atoms with van der Waals surface area (Å²) in [6.45, 7) is 10.3. The van der Waals surface area contributed by atoms with Crippen molar-refractivity contribution in [3.63, 3.8) is 0 Å². The van der Waals surface area contributed by atoms with Crippen molar-refractivity contribution >= 4 is 6.08 Å². The molecule has 78 valence electrons. The van der Waals surface area contributed by atoms with Crippen molar-refractivity contribution in [2.75, 3.05) is 13.6 Å². The van der Waals surface area contributed by atoms with E-state index in [0.717, 1.165) is 13.1 Å². The zero-order valence-corrected chi connectivity index (χ0v) is 9.38. The topological polar surface area (TPSA) is 17.0 Å². The van der Waals surface area contributed by atoms with Crippen molar-refractivity contribution in [3.05, 3.63) is 30.1 Å². The lowest BCUT2D eigenvalue weighted by molar-refractivity contribution is 0.641. The predicted octanol–water partition coefficient (Wildman–Crippen LogP) is 2.47. The first kappa shape index (κ1) is 11.1.